The summed E-state index contributed by atoms with van der Waals surface area (Å²) in [5, 5.41) is 2.95. The maximum absolute atomic E-state index is 12.5. The van der Waals surface area contributed by atoms with Gasteiger partial charge < -0.3 is 9.88 Å². The minimum absolute atomic E-state index is 0.0722. The molecule has 25 heavy (non-hydrogen) atoms. The monoisotopic (exact) mass is 336 g/mol. The van der Waals surface area contributed by atoms with Gasteiger partial charge in [-0.25, -0.2) is 4.98 Å². The fourth-order valence-corrected chi connectivity index (χ4v) is 2.80. The lowest BCUT2D eigenvalue weighted by Gasteiger charge is -2.16. The first-order valence-electron chi connectivity index (χ1n) is 8.17. The molecule has 0 aliphatic carbocycles. The third-order valence-electron chi connectivity index (χ3n) is 4.11. The van der Waals surface area contributed by atoms with Crippen molar-refractivity contribution in [2.75, 3.05) is 5.32 Å². The van der Waals surface area contributed by atoms with E-state index in [-0.39, 0.29) is 29.4 Å². The third kappa shape index (κ3) is 3.42. The van der Waals surface area contributed by atoms with Gasteiger partial charge in [-0.1, -0.05) is 32.0 Å². The van der Waals surface area contributed by atoms with Gasteiger partial charge in [0.15, 0.2) is 5.52 Å². The number of fused-ring (bicyclic) bond motifs is 1. The summed E-state index contributed by atoms with van der Waals surface area (Å²) < 4.78 is 1.35. The summed E-state index contributed by atoms with van der Waals surface area (Å²) in [6, 6.07) is 7.63. The van der Waals surface area contributed by atoms with E-state index in [1.807, 2.05) is 25.1 Å². The van der Waals surface area contributed by atoms with Crippen molar-refractivity contribution >= 4 is 22.6 Å². The molecule has 3 rings (SSSR count). The van der Waals surface area contributed by atoms with Crippen molar-refractivity contribution < 1.29 is 4.79 Å². The molecule has 128 valence electrons. The zero-order valence-electron chi connectivity index (χ0n) is 14.5. The van der Waals surface area contributed by atoms with E-state index < -0.39 is 0 Å². The van der Waals surface area contributed by atoms with Gasteiger partial charge in [-0.15, -0.1) is 0 Å². The molecule has 0 aliphatic heterocycles. The van der Waals surface area contributed by atoms with Gasteiger partial charge in [0.05, 0.1) is 5.52 Å². The summed E-state index contributed by atoms with van der Waals surface area (Å²) in [7, 11) is 0. The van der Waals surface area contributed by atoms with Gasteiger partial charge >= 0.3 is 0 Å². The normalized spacial score (nSPS) is 11.0. The van der Waals surface area contributed by atoms with Gasteiger partial charge in [-0.3, -0.25) is 14.6 Å². The molecule has 3 aromatic rings. The van der Waals surface area contributed by atoms with Crippen LogP contribution in [-0.4, -0.2) is 20.4 Å². The van der Waals surface area contributed by atoms with E-state index in [4.69, 9.17) is 0 Å². The first-order valence-corrected chi connectivity index (χ1v) is 8.17. The standard InChI is InChI=1S/C19H20N4O2/c1-12(2)14-6-4-5-13(3)17(14)22-16(24)11-23-10-7-15-18(19(23)25)21-9-8-20-15/h4-10,12H,11H2,1-3H3,(H,22,24). The number of benzene rings is 1. The molecule has 2 heterocycles. The second kappa shape index (κ2) is 6.84. The number of rotatable bonds is 4. The van der Waals surface area contributed by atoms with E-state index in [1.54, 1.807) is 12.3 Å². The van der Waals surface area contributed by atoms with Crippen molar-refractivity contribution in [3.05, 3.63) is 64.3 Å². The second-order valence-corrected chi connectivity index (χ2v) is 6.28. The molecule has 0 radical (unpaired) electrons. The highest BCUT2D eigenvalue weighted by molar-refractivity contribution is 5.92. The average molecular weight is 336 g/mol. The Kier molecular flexibility index (Phi) is 4.61. The van der Waals surface area contributed by atoms with Crippen LogP contribution in [0.3, 0.4) is 0 Å². The maximum atomic E-state index is 12.5. The number of aromatic nitrogens is 3. The highest BCUT2D eigenvalue weighted by Gasteiger charge is 2.13. The quantitative estimate of drug-likeness (QED) is 0.795. The van der Waals surface area contributed by atoms with E-state index >= 15 is 0 Å². The van der Waals surface area contributed by atoms with E-state index in [0.717, 1.165) is 16.8 Å². The van der Waals surface area contributed by atoms with Crippen LogP contribution in [0.1, 0.15) is 30.9 Å². The molecule has 0 saturated carbocycles. The Morgan fingerprint density at radius 3 is 2.72 bits per heavy atom. The van der Waals surface area contributed by atoms with Crippen LogP contribution in [0, 0.1) is 6.92 Å². The molecule has 2 aromatic heterocycles. The van der Waals surface area contributed by atoms with Gasteiger partial charge in [0.2, 0.25) is 5.91 Å². The number of carbonyl (C=O) groups is 1. The summed E-state index contributed by atoms with van der Waals surface area (Å²) in [4.78, 5) is 33.1. The van der Waals surface area contributed by atoms with E-state index in [9.17, 15) is 9.59 Å². The summed E-state index contributed by atoms with van der Waals surface area (Å²) in [5.41, 5.74) is 3.34. The minimum atomic E-state index is -0.324. The van der Waals surface area contributed by atoms with E-state index in [1.165, 1.54) is 17.0 Å². The summed E-state index contributed by atoms with van der Waals surface area (Å²) in [5.74, 6) is 0.0374. The van der Waals surface area contributed by atoms with Crippen LogP contribution in [0.15, 0.2) is 47.7 Å². The zero-order valence-corrected chi connectivity index (χ0v) is 14.5. The number of hydrogen-bond acceptors (Lipinski definition) is 4. The molecule has 1 N–H and O–H groups in total. The molecular formula is C19H20N4O2. The maximum Gasteiger partial charge on any atom is 0.279 e. The predicted molar refractivity (Wildman–Crippen MR) is 97.7 cm³/mol. The number of pyridine rings is 1. The topological polar surface area (TPSA) is 76.9 Å². The van der Waals surface area contributed by atoms with Crippen LogP contribution in [0.4, 0.5) is 5.69 Å². The molecule has 0 aliphatic rings. The fraction of sp³-hybridized carbons (Fsp3) is 0.263. The Morgan fingerprint density at radius 1 is 1.20 bits per heavy atom. The SMILES string of the molecule is Cc1cccc(C(C)C)c1NC(=O)Cn1ccc2nccnc2c1=O. The highest BCUT2D eigenvalue weighted by atomic mass is 16.2. The van der Waals surface area contributed by atoms with Crippen LogP contribution >= 0.6 is 0 Å². The number of hydrogen-bond donors (Lipinski definition) is 1. The molecular weight excluding hydrogens is 316 g/mol. The van der Waals surface area contributed by atoms with Crippen molar-refractivity contribution in [2.45, 2.75) is 33.2 Å². The Balaban J connectivity index is 1.87. The van der Waals surface area contributed by atoms with Gasteiger partial charge in [0.1, 0.15) is 6.54 Å². The second-order valence-electron chi connectivity index (χ2n) is 6.28. The van der Waals surface area contributed by atoms with Crippen molar-refractivity contribution in [2.24, 2.45) is 0 Å². The number of aryl methyl sites for hydroxylation is 1. The fourth-order valence-electron chi connectivity index (χ4n) is 2.80. The Labute approximate surface area is 145 Å². The average Bonchev–Trinajstić information content (AvgIpc) is 2.59. The molecule has 1 amide bonds. The van der Waals surface area contributed by atoms with E-state index in [2.05, 4.69) is 29.1 Å². The first kappa shape index (κ1) is 16.8. The molecule has 0 fully saturated rings. The Morgan fingerprint density at radius 2 is 1.96 bits per heavy atom. The van der Waals surface area contributed by atoms with Crippen molar-refractivity contribution in [3.8, 4) is 0 Å². The summed E-state index contributed by atoms with van der Waals surface area (Å²) >= 11 is 0. The number of para-hydroxylation sites is 1. The summed E-state index contributed by atoms with van der Waals surface area (Å²) in [6.07, 6.45) is 4.57. The van der Waals surface area contributed by atoms with Crippen LogP contribution in [-0.2, 0) is 11.3 Å². The minimum Gasteiger partial charge on any atom is -0.324 e. The molecule has 0 saturated heterocycles. The molecule has 0 spiro atoms. The number of amides is 1. The Hall–Kier alpha value is -3.02. The Bertz CT molecular complexity index is 992. The lowest BCUT2D eigenvalue weighted by atomic mass is 9.98. The first-order chi connectivity index (χ1) is 12.0. The number of anilines is 1. The third-order valence-corrected chi connectivity index (χ3v) is 4.11. The molecule has 6 heteroatoms. The smallest absolute Gasteiger partial charge is 0.279 e. The van der Waals surface area contributed by atoms with Gasteiger partial charge in [0, 0.05) is 24.3 Å². The van der Waals surface area contributed by atoms with Gasteiger partial charge in [-0.05, 0) is 30.0 Å². The molecule has 0 bridgehead atoms. The van der Waals surface area contributed by atoms with Gasteiger partial charge in [0.25, 0.3) is 5.56 Å². The molecule has 0 atom stereocenters. The molecule has 6 nitrogen and oxygen atoms in total. The van der Waals surface area contributed by atoms with Crippen molar-refractivity contribution in [1.29, 1.82) is 0 Å². The number of nitrogens with one attached hydrogen (secondary N) is 1. The van der Waals surface area contributed by atoms with Crippen molar-refractivity contribution in [3.63, 3.8) is 0 Å². The predicted octanol–water partition coefficient (Wildman–Crippen LogP) is 2.86. The van der Waals surface area contributed by atoms with Gasteiger partial charge in [-0.2, -0.15) is 0 Å². The van der Waals surface area contributed by atoms with Crippen LogP contribution in [0.25, 0.3) is 11.0 Å². The molecule has 0 unspecified atom stereocenters. The lowest BCUT2D eigenvalue weighted by molar-refractivity contribution is -0.116. The van der Waals surface area contributed by atoms with Crippen LogP contribution in [0.5, 0.6) is 0 Å². The lowest BCUT2D eigenvalue weighted by Crippen LogP contribution is -2.28. The van der Waals surface area contributed by atoms with Crippen LogP contribution in [0.2, 0.25) is 0 Å². The summed E-state index contributed by atoms with van der Waals surface area (Å²) in [6.45, 7) is 6.05. The van der Waals surface area contributed by atoms with Crippen LogP contribution < -0.4 is 10.9 Å². The van der Waals surface area contributed by atoms with Crippen molar-refractivity contribution in [1.82, 2.24) is 14.5 Å². The number of nitrogens with zero attached hydrogens (tertiary/aromatic N) is 3. The number of carbonyl (C=O) groups excluding carboxylic acids is 1. The highest BCUT2D eigenvalue weighted by Crippen LogP contribution is 2.27. The largest absolute Gasteiger partial charge is 0.324 e. The van der Waals surface area contributed by atoms with E-state index in [0.29, 0.717) is 5.52 Å². The zero-order chi connectivity index (χ0) is 18.0. The molecule has 1 aromatic carbocycles.